The summed E-state index contributed by atoms with van der Waals surface area (Å²) in [4.78, 5) is 14.6. The molecule has 0 bridgehead atoms. The van der Waals surface area contributed by atoms with E-state index in [9.17, 15) is 14.5 Å². The summed E-state index contributed by atoms with van der Waals surface area (Å²) in [7, 11) is 3.03. The van der Waals surface area contributed by atoms with Crippen LogP contribution < -0.4 is 15.4 Å². The second-order valence-corrected chi connectivity index (χ2v) is 4.04. The molecule has 1 aromatic carbocycles. The lowest BCUT2D eigenvalue weighted by atomic mass is 10.2. The van der Waals surface area contributed by atoms with Gasteiger partial charge in [0.1, 0.15) is 17.4 Å². The standard InChI is InChI=1S/C13H13FN4O3/c1-15-12-6-5-10(18(19)20)13(17-12)16-9-4-3-8(14)7-11(9)21-2/h3-7H,1-2H3,(H2,15,16,17). The van der Waals surface area contributed by atoms with E-state index in [0.29, 0.717) is 11.5 Å². The zero-order chi connectivity index (χ0) is 15.4. The molecule has 0 aliphatic carbocycles. The van der Waals surface area contributed by atoms with Crippen molar-refractivity contribution >= 4 is 23.0 Å². The molecule has 1 aromatic heterocycles. The number of nitrogens with zero attached hydrogens (tertiary/aromatic N) is 2. The predicted molar refractivity (Wildman–Crippen MR) is 76.7 cm³/mol. The summed E-state index contributed by atoms with van der Waals surface area (Å²) in [5.74, 6) is 0.255. The van der Waals surface area contributed by atoms with Crippen LogP contribution in [0.5, 0.6) is 5.75 Å². The summed E-state index contributed by atoms with van der Waals surface area (Å²) in [5, 5.41) is 16.6. The number of nitrogens with one attached hydrogen (secondary N) is 2. The summed E-state index contributed by atoms with van der Waals surface area (Å²) in [5.41, 5.74) is 0.183. The van der Waals surface area contributed by atoms with Crippen molar-refractivity contribution in [3.63, 3.8) is 0 Å². The summed E-state index contributed by atoms with van der Waals surface area (Å²) in [6.45, 7) is 0. The van der Waals surface area contributed by atoms with Crippen molar-refractivity contribution < 1.29 is 14.1 Å². The molecule has 0 unspecified atom stereocenters. The molecule has 7 nitrogen and oxygen atoms in total. The first-order valence-corrected chi connectivity index (χ1v) is 5.99. The highest BCUT2D eigenvalue weighted by Gasteiger charge is 2.17. The SMILES string of the molecule is CNc1ccc([N+](=O)[O-])c(Nc2ccc(F)cc2OC)n1. The Kier molecular flexibility index (Phi) is 4.17. The van der Waals surface area contributed by atoms with Crippen molar-refractivity contribution in [1.82, 2.24) is 4.98 Å². The van der Waals surface area contributed by atoms with E-state index in [2.05, 4.69) is 15.6 Å². The minimum Gasteiger partial charge on any atom is -0.494 e. The van der Waals surface area contributed by atoms with E-state index >= 15 is 0 Å². The van der Waals surface area contributed by atoms with Crippen LogP contribution in [0.3, 0.4) is 0 Å². The lowest BCUT2D eigenvalue weighted by Crippen LogP contribution is -2.03. The molecular weight excluding hydrogens is 279 g/mol. The van der Waals surface area contributed by atoms with Gasteiger partial charge in [-0.2, -0.15) is 0 Å². The maximum absolute atomic E-state index is 13.2. The Morgan fingerprint density at radius 3 is 2.71 bits per heavy atom. The summed E-state index contributed by atoms with van der Waals surface area (Å²) in [6, 6.07) is 6.64. The first kappa shape index (κ1) is 14.5. The van der Waals surface area contributed by atoms with Gasteiger partial charge in [-0.25, -0.2) is 9.37 Å². The van der Waals surface area contributed by atoms with Gasteiger partial charge in [0.05, 0.1) is 17.7 Å². The van der Waals surface area contributed by atoms with Gasteiger partial charge >= 0.3 is 5.69 Å². The summed E-state index contributed by atoms with van der Waals surface area (Å²) in [6.07, 6.45) is 0. The van der Waals surface area contributed by atoms with Gasteiger partial charge in [0.15, 0.2) is 0 Å². The number of anilines is 3. The third-order valence-corrected chi connectivity index (χ3v) is 2.74. The van der Waals surface area contributed by atoms with Gasteiger partial charge < -0.3 is 15.4 Å². The fourth-order valence-corrected chi connectivity index (χ4v) is 1.73. The monoisotopic (exact) mass is 292 g/mol. The highest BCUT2D eigenvalue weighted by Crippen LogP contribution is 2.32. The molecule has 0 saturated heterocycles. The molecule has 0 aliphatic rings. The van der Waals surface area contributed by atoms with E-state index < -0.39 is 10.7 Å². The van der Waals surface area contributed by atoms with Crippen molar-refractivity contribution in [3.8, 4) is 5.75 Å². The van der Waals surface area contributed by atoms with Gasteiger partial charge in [0.2, 0.25) is 5.82 Å². The van der Waals surface area contributed by atoms with Crippen molar-refractivity contribution in [3.05, 3.63) is 46.3 Å². The smallest absolute Gasteiger partial charge is 0.311 e. The number of hydrogen-bond acceptors (Lipinski definition) is 6. The van der Waals surface area contributed by atoms with Crippen LogP contribution in [0.4, 0.5) is 27.4 Å². The first-order valence-electron chi connectivity index (χ1n) is 5.99. The fourth-order valence-electron chi connectivity index (χ4n) is 1.73. The minimum absolute atomic E-state index is 0.0387. The quantitative estimate of drug-likeness (QED) is 0.650. The molecule has 0 saturated carbocycles. The Labute approximate surface area is 119 Å². The van der Waals surface area contributed by atoms with E-state index in [1.54, 1.807) is 7.05 Å². The molecule has 0 aliphatic heterocycles. The number of hydrogen-bond donors (Lipinski definition) is 2. The highest BCUT2D eigenvalue weighted by molar-refractivity contribution is 5.71. The van der Waals surface area contributed by atoms with Gasteiger partial charge in [0.25, 0.3) is 0 Å². The zero-order valence-electron chi connectivity index (χ0n) is 11.4. The molecule has 0 amide bonds. The van der Waals surface area contributed by atoms with E-state index in [1.807, 2.05) is 0 Å². The molecule has 1 heterocycles. The largest absolute Gasteiger partial charge is 0.494 e. The average molecular weight is 292 g/mol. The van der Waals surface area contributed by atoms with Gasteiger partial charge in [-0.15, -0.1) is 0 Å². The lowest BCUT2D eigenvalue weighted by Gasteiger charge is -2.11. The second kappa shape index (κ2) is 6.04. The number of aromatic nitrogens is 1. The number of nitro groups is 1. The predicted octanol–water partition coefficient (Wildman–Crippen LogP) is 2.92. The molecular formula is C13H13FN4O3. The number of pyridine rings is 1. The van der Waals surface area contributed by atoms with Crippen LogP contribution >= 0.6 is 0 Å². The number of benzene rings is 1. The zero-order valence-corrected chi connectivity index (χ0v) is 11.4. The van der Waals surface area contributed by atoms with Crippen LogP contribution in [0.2, 0.25) is 0 Å². The van der Waals surface area contributed by atoms with Crippen molar-refractivity contribution in [2.24, 2.45) is 0 Å². The van der Waals surface area contributed by atoms with E-state index in [1.165, 1.54) is 37.4 Å². The maximum atomic E-state index is 13.2. The maximum Gasteiger partial charge on any atom is 0.311 e. The molecule has 0 atom stereocenters. The molecule has 21 heavy (non-hydrogen) atoms. The van der Waals surface area contributed by atoms with Crippen LogP contribution in [0.25, 0.3) is 0 Å². The van der Waals surface area contributed by atoms with Crippen molar-refractivity contribution in [1.29, 1.82) is 0 Å². The molecule has 0 fully saturated rings. The second-order valence-electron chi connectivity index (χ2n) is 4.04. The number of halogens is 1. The molecule has 2 aromatic rings. The summed E-state index contributed by atoms with van der Waals surface area (Å²) < 4.78 is 18.2. The topological polar surface area (TPSA) is 89.3 Å². The minimum atomic E-state index is -0.551. The average Bonchev–Trinajstić information content (AvgIpc) is 2.48. The van der Waals surface area contributed by atoms with E-state index in [-0.39, 0.29) is 17.3 Å². The Morgan fingerprint density at radius 2 is 2.10 bits per heavy atom. The lowest BCUT2D eigenvalue weighted by molar-refractivity contribution is -0.384. The third kappa shape index (κ3) is 3.16. The molecule has 8 heteroatoms. The molecule has 110 valence electrons. The fraction of sp³-hybridized carbons (Fsp3) is 0.154. The Balaban J connectivity index is 2.45. The Hall–Kier alpha value is -2.90. The van der Waals surface area contributed by atoms with E-state index in [4.69, 9.17) is 4.74 Å². The van der Waals surface area contributed by atoms with Crippen LogP contribution in [0, 0.1) is 15.9 Å². The summed E-state index contributed by atoms with van der Waals surface area (Å²) >= 11 is 0. The number of ether oxygens (including phenoxy) is 1. The van der Waals surface area contributed by atoms with E-state index in [0.717, 1.165) is 0 Å². The van der Waals surface area contributed by atoms with Gasteiger partial charge in [-0.05, 0) is 18.2 Å². The van der Waals surface area contributed by atoms with Crippen LogP contribution in [0.1, 0.15) is 0 Å². The van der Waals surface area contributed by atoms with Crippen LogP contribution in [-0.2, 0) is 0 Å². The van der Waals surface area contributed by atoms with Crippen molar-refractivity contribution in [2.45, 2.75) is 0 Å². The van der Waals surface area contributed by atoms with Gasteiger partial charge in [-0.3, -0.25) is 10.1 Å². The number of rotatable bonds is 5. The number of methoxy groups -OCH3 is 1. The Bertz CT molecular complexity index is 678. The van der Waals surface area contributed by atoms with Crippen molar-refractivity contribution in [2.75, 3.05) is 24.8 Å². The molecule has 0 spiro atoms. The normalized spacial score (nSPS) is 10.0. The van der Waals surface area contributed by atoms with Gasteiger partial charge in [-0.1, -0.05) is 0 Å². The molecule has 0 radical (unpaired) electrons. The highest BCUT2D eigenvalue weighted by atomic mass is 19.1. The first-order chi connectivity index (χ1) is 10.0. The van der Waals surface area contributed by atoms with Crippen LogP contribution in [-0.4, -0.2) is 24.1 Å². The molecule has 2 N–H and O–H groups in total. The Morgan fingerprint density at radius 1 is 1.33 bits per heavy atom. The van der Waals surface area contributed by atoms with Crippen LogP contribution in [0.15, 0.2) is 30.3 Å². The molecule has 2 rings (SSSR count). The van der Waals surface area contributed by atoms with Gasteiger partial charge in [0, 0.05) is 19.2 Å². The third-order valence-electron chi connectivity index (χ3n) is 2.74.